The molecule has 148 valence electrons. The van der Waals surface area contributed by atoms with Gasteiger partial charge in [-0.05, 0) is 61.4 Å². The van der Waals surface area contributed by atoms with Crippen LogP contribution in [0.2, 0.25) is 5.02 Å². The van der Waals surface area contributed by atoms with E-state index >= 15 is 0 Å². The molecule has 1 spiro atoms. The molecule has 2 aliphatic rings. The van der Waals surface area contributed by atoms with Crippen LogP contribution in [0.3, 0.4) is 0 Å². The van der Waals surface area contributed by atoms with Crippen LogP contribution in [0.1, 0.15) is 43.5 Å². The highest BCUT2D eigenvalue weighted by atomic mass is 35.5. The van der Waals surface area contributed by atoms with Gasteiger partial charge < -0.3 is 9.88 Å². The molecule has 0 bridgehead atoms. The highest BCUT2D eigenvalue weighted by molar-refractivity contribution is 6.30. The monoisotopic (exact) mass is 408 g/mol. The summed E-state index contributed by atoms with van der Waals surface area (Å²) in [6.07, 6.45) is 7.89. The number of imidazole rings is 1. The maximum Gasteiger partial charge on any atom is 0.122 e. The first-order valence-electron chi connectivity index (χ1n) is 9.74. The highest BCUT2D eigenvalue weighted by Crippen LogP contribution is 2.56. The van der Waals surface area contributed by atoms with Crippen molar-refractivity contribution in [1.82, 2.24) is 19.8 Å². The van der Waals surface area contributed by atoms with Gasteiger partial charge in [0.1, 0.15) is 5.82 Å². The van der Waals surface area contributed by atoms with Crippen molar-refractivity contribution >= 4 is 24.0 Å². The molecule has 1 aromatic heterocycles. The minimum atomic E-state index is 0. The molecule has 0 radical (unpaired) electrons. The van der Waals surface area contributed by atoms with E-state index in [4.69, 9.17) is 11.6 Å². The van der Waals surface area contributed by atoms with E-state index in [1.165, 1.54) is 24.8 Å². The Kier molecular flexibility index (Phi) is 6.52. The third-order valence-electron chi connectivity index (χ3n) is 6.38. The predicted octanol–water partition coefficient (Wildman–Crippen LogP) is 4.24. The lowest BCUT2D eigenvalue weighted by Gasteiger charge is -2.31. The van der Waals surface area contributed by atoms with Crippen LogP contribution in [0.15, 0.2) is 36.7 Å². The number of nitrogens with zero attached hydrogens (tertiary/aromatic N) is 3. The second kappa shape index (κ2) is 8.52. The van der Waals surface area contributed by atoms with Crippen LogP contribution < -0.4 is 5.32 Å². The first kappa shape index (κ1) is 20.7. The number of benzene rings is 1. The molecule has 1 saturated carbocycles. The smallest absolute Gasteiger partial charge is 0.122 e. The van der Waals surface area contributed by atoms with Crippen LogP contribution in [0.5, 0.6) is 0 Å². The second-order valence-electron chi connectivity index (χ2n) is 8.17. The number of aromatic nitrogens is 2. The molecule has 6 heteroatoms. The Hall–Kier alpha value is -1.07. The molecule has 1 aliphatic carbocycles. The summed E-state index contributed by atoms with van der Waals surface area (Å²) in [6.45, 7) is 6.61. The fourth-order valence-corrected chi connectivity index (χ4v) is 4.81. The van der Waals surface area contributed by atoms with Gasteiger partial charge in [0.05, 0.1) is 6.54 Å². The fourth-order valence-electron chi connectivity index (χ4n) is 4.61. The molecule has 2 heterocycles. The minimum Gasteiger partial charge on any atom is -0.337 e. The van der Waals surface area contributed by atoms with Crippen molar-refractivity contribution in [1.29, 1.82) is 0 Å². The van der Waals surface area contributed by atoms with Crippen molar-refractivity contribution in [2.45, 2.75) is 44.7 Å². The molecule has 0 amide bonds. The van der Waals surface area contributed by atoms with Gasteiger partial charge >= 0.3 is 0 Å². The number of rotatable bonds is 6. The normalized spacial score (nSPS) is 21.9. The third-order valence-corrected chi connectivity index (χ3v) is 6.61. The van der Waals surface area contributed by atoms with Crippen LogP contribution in [0, 0.1) is 5.41 Å². The van der Waals surface area contributed by atoms with Gasteiger partial charge in [-0.1, -0.05) is 30.7 Å². The van der Waals surface area contributed by atoms with Gasteiger partial charge in [-0.25, -0.2) is 4.98 Å². The maximum atomic E-state index is 6.22. The Morgan fingerprint density at radius 1 is 1.37 bits per heavy atom. The summed E-state index contributed by atoms with van der Waals surface area (Å²) in [5.74, 6) is 1.60. The van der Waals surface area contributed by atoms with Crippen LogP contribution in [0.25, 0.3) is 0 Å². The summed E-state index contributed by atoms with van der Waals surface area (Å²) in [5.41, 5.74) is 1.85. The molecule has 4 nitrogen and oxygen atoms in total. The average molecular weight is 409 g/mol. The van der Waals surface area contributed by atoms with Gasteiger partial charge in [-0.3, -0.25) is 4.90 Å². The minimum absolute atomic E-state index is 0. The first-order valence-corrected chi connectivity index (χ1v) is 10.1. The molecule has 1 aromatic carbocycles. The average Bonchev–Trinajstić information content (AvgIpc) is 3.16. The van der Waals surface area contributed by atoms with Crippen LogP contribution >= 0.6 is 24.0 Å². The number of nitrogens with one attached hydrogen (secondary N) is 1. The summed E-state index contributed by atoms with van der Waals surface area (Å²) in [6, 6.07) is 9.00. The number of halogens is 2. The van der Waals surface area contributed by atoms with Crippen molar-refractivity contribution in [2.24, 2.45) is 12.5 Å². The van der Waals surface area contributed by atoms with E-state index in [0.717, 1.165) is 37.0 Å². The van der Waals surface area contributed by atoms with E-state index in [-0.39, 0.29) is 12.4 Å². The zero-order valence-corrected chi connectivity index (χ0v) is 17.8. The van der Waals surface area contributed by atoms with Gasteiger partial charge in [0.25, 0.3) is 0 Å². The summed E-state index contributed by atoms with van der Waals surface area (Å²) in [4.78, 5) is 7.26. The highest BCUT2D eigenvalue weighted by Gasteiger charge is 2.56. The van der Waals surface area contributed by atoms with Crippen molar-refractivity contribution in [2.75, 3.05) is 19.6 Å². The van der Waals surface area contributed by atoms with Gasteiger partial charge in [-0.2, -0.15) is 0 Å². The Bertz CT molecular complexity index is 754. The number of hydrogen-bond acceptors (Lipinski definition) is 3. The SMILES string of the molecule is CC(CN(Cc1nccn1C)C1CC12CCNCC2)c1cccc(Cl)c1.Cl. The Balaban J connectivity index is 0.00000210. The maximum absolute atomic E-state index is 6.22. The number of hydrogen-bond donors (Lipinski definition) is 1. The summed E-state index contributed by atoms with van der Waals surface area (Å²) in [5, 5.41) is 4.34. The van der Waals surface area contributed by atoms with Crippen molar-refractivity contribution in [3.8, 4) is 0 Å². The lowest BCUT2D eigenvalue weighted by atomic mass is 9.93. The van der Waals surface area contributed by atoms with E-state index in [0.29, 0.717) is 17.4 Å². The van der Waals surface area contributed by atoms with Gasteiger partial charge in [0.2, 0.25) is 0 Å². The zero-order valence-electron chi connectivity index (χ0n) is 16.2. The van der Waals surface area contributed by atoms with Gasteiger partial charge in [0.15, 0.2) is 0 Å². The first-order chi connectivity index (χ1) is 12.6. The molecular weight excluding hydrogens is 379 g/mol. The molecule has 1 aliphatic heterocycles. The van der Waals surface area contributed by atoms with Crippen molar-refractivity contribution < 1.29 is 0 Å². The molecule has 1 N–H and O–H groups in total. The predicted molar refractivity (Wildman–Crippen MR) is 114 cm³/mol. The molecule has 2 unspecified atom stereocenters. The number of aryl methyl sites for hydroxylation is 1. The van der Waals surface area contributed by atoms with Crippen LogP contribution in [0.4, 0.5) is 0 Å². The standard InChI is InChI=1S/C21H29ClN4.ClH/c1-16(17-4-3-5-18(22)12-17)14-26(15-20-24-10-11-25(20)2)19-13-21(19)6-8-23-9-7-21;/h3-5,10-12,16,19,23H,6-9,13-15H2,1-2H3;1H. The van der Waals surface area contributed by atoms with Crippen molar-refractivity contribution in [3.05, 3.63) is 53.1 Å². The summed E-state index contributed by atoms with van der Waals surface area (Å²) in [7, 11) is 2.09. The molecule has 2 aromatic rings. The van der Waals surface area contributed by atoms with Crippen molar-refractivity contribution in [3.63, 3.8) is 0 Å². The molecule has 4 rings (SSSR count). The lowest BCUT2D eigenvalue weighted by Crippen LogP contribution is -2.38. The molecule has 27 heavy (non-hydrogen) atoms. The Morgan fingerprint density at radius 3 is 2.81 bits per heavy atom. The summed E-state index contributed by atoms with van der Waals surface area (Å²) < 4.78 is 2.15. The van der Waals surface area contributed by atoms with E-state index in [1.807, 2.05) is 18.5 Å². The largest absolute Gasteiger partial charge is 0.337 e. The van der Waals surface area contributed by atoms with E-state index in [2.05, 4.69) is 51.9 Å². The molecule has 2 fully saturated rings. The number of piperidine rings is 1. The van der Waals surface area contributed by atoms with E-state index < -0.39 is 0 Å². The molecular formula is C21H30Cl2N4. The van der Waals surface area contributed by atoms with Crippen LogP contribution in [-0.4, -0.2) is 40.1 Å². The molecule has 2 atom stereocenters. The Labute approximate surface area is 173 Å². The van der Waals surface area contributed by atoms with E-state index in [1.54, 1.807) is 0 Å². The molecule has 1 saturated heterocycles. The van der Waals surface area contributed by atoms with E-state index in [9.17, 15) is 0 Å². The lowest BCUT2D eigenvalue weighted by molar-refractivity contribution is 0.182. The van der Waals surface area contributed by atoms with Gasteiger partial charge in [-0.15, -0.1) is 12.4 Å². The third kappa shape index (κ3) is 4.51. The quantitative estimate of drug-likeness (QED) is 0.775. The van der Waals surface area contributed by atoms with Gasteiger partial charge in [0, 0.05) is 37.1 Å². The van der Waals surface area contributed by atoms with Crippen LogP contribution in [-0.2, 0) is 13.6 Å². The Morgan fingerprint density at radius 2 is 2.15 bits per heavy atom. The second-order valence-corrected chi connectivity index (χ2v) is 8.61. The zero-order chi connectivity index (χ0) is 18.1. The fraction of sp³-hybridized carbons (Fsp3) is 0.571. The summed E-state index contributed by atoms with van der Waals surface area (Å²) >= 11 is 6.22. The topological polar surface area (TPSA) is 33.1 Å².